The summed E-state index contributed by atoms with van der Waals surface area (Å²) >= 11 is 0. The third-order valence-corrected chi connectivity index (χ3v) is 4.77. The summed E-state index contributed by atoms with van der Waals surface area (Å²) in [6, 6.07) is 17.4. The van der Waals surface area contributed by atoms with Crippen LogP contribution in [0.1, 0.15) is 0 Å². The number of nitro benzene ring substituents is 1. The van der Waals surface area contributed by atoms with Gasteiger partial charge in [0.05, 0.1) is 22.9 Å². The SMILES string of the molecule is COc1ccc(-c2nc3ccccc3c(=O)[nH]2)cc1OCC(=O)Nc1ccc([N+](=O)[O-])cc1. The number of rotatable bonds is 7. The largest absolute Gasteiger partial charge is 0.493 e. The number of nitrogens with one attached hydrogen (secondary N) is 2. The van der Waals surface area contributed by atoms with Gasteiger partial charge in [-0.2, -0.15) is 0 Å². The minimum absolute atomic E-state index is 0.0776. The van der Waals surface area contributed by atoms with Gasteiger partial charge in [-0.3, -0.25) is 19.7 Å². The average molecular weight is 446 g/mol. The lowest BCUT2D eigenvalue weighted by Gasteiger charge is -2.12. The first-order chi connectivity index (χ1) is 15.9. The molecular weight excluding hydrogens is 428 g/mol. The molecule has 166 valence electrons. The standard InChI is InChI=1S/C23H18N4O6/c1-32-19-11-6-14(22-25-18-5-3-2-4-17(18)23(29)26-22)12-20(19)33-13-21(28)24-15-7-9-16(10-8-15)27(30)31/h2-12H,13H2,1H3,(H,24,28)(H,25,26,29). The Balaban J connectivity index is 1.52. The maximum atomic E-state index is 12.4. The van der Waals surface area contributed by atoms with Gasteiger partial charge < -0.3 is 19.8 Å². The second kappa shape index (κ2) is 9.18. The summed E-state index contributed by atoms with van der Waals surface area (Å²) < 4.78 is 10.9. The molecule has 2 N–H and O–H groups in total. The predicted molar refractivity (Wildman–Crippen MR) is 122 cm³/mol. The zero-order valence-electron chi connectivity index (χ0n) is 17.4. The highest BCUT2D eigenvalue weighted by Crippen LogP contribution is 2.31. The first kappa shape index (κ1) is 21.5. The van der Waals surface area contributed by atoms with Gasteiger partial charge in [-0.15, -0.1) is 0 Å². The molecule has 1 aromatic heterocycles. The van der Waals surface area contributed by atoms with Crippen molar-refractivity contribution in [2.24, 2.45) is 0 Å². The molecule has 1 amide bonds. The van der Waals surface area contributed by atoms with Crippen LogP contribution >= 0.6 is 0 Å². The van der Waals surface area contributed by atoms with Crippen LogP contribution in [0.2, 0.25) is 0 Å². The van der Waals surface area contributed by atoms with E-state index in [1.54, 1.807) is 42.5 Å². The van der Waals surface area contributed by atoms with Gasteiger partial charge in [-0.05, 0) is 42.5 Å². The molecule has 0 saturated heterocycles. The topological polar surface area (TPSA) is 136 Å². The van der Waals surface area contributed by atoms with Crippen molar-refractivity contribution in [2.45, 2.75) is 0 Å². The Morgan fingerprint density at radius 3 is 2.58 bits per heavy atom. The molecule has 33 heavy (non-hydrogen) atoms. The van der Waals surface area contributed by atoms with Gasteiger partial charge in [-0.1, -0.05) is 12.1 Å². The number of nitro groups is 1. The van der Waals surface area contributed by atoms with Gasteiger partial charge in [0, 0.05) is 23.4 Å². The minimum atomic E-state index is -0.522. The number of anilines is 1. The van der Waals surface area contributed by atoms with Crippen LogP contribution in [0.4, 0.5) is 11.4 Å². The maximum absolute atomic E-state index is 12.4. The zero-order chi connectivity index (χ0) is 23.4. The number of amides is 1. The Morgan fingerprint density at radius 1 is 1.09 bits per heavy atom. The zero-order valence-corrected chi connectivity index (χ0v) is 17.4. The fourth-order valence-corrected chi connectivity index (χ4v) is 3.17. The number of nitrogens with zero attached hydrogens (tertiary/aromatic N) is 2. The fraction of sp³-hybridized carbons (Fsp3) is 0.0870. The van der Waals surface area contributed by atoms with Gasteiger partial charge in [0.25, 0.3) is 17.2 Å². The van der Waals surface area contributed by atoms with Crippen LogP contribution < -0.4 is 20.3 Å². The second-order valence-electron chi connectivity index (χ2n) is 6.94. The molecule has 0 aliphatic heterocycles. The number of H-pyrrole nitrogens is 1. The average Bonchev–Trinajstić information content (AvgIpc) is 2.83. The summed E-state index contributed by atoms with van der Waals surface area (Å²) in [5.41, 5.74) is 1.18. The Morgan fingerprint density at radius 2 is 1.85 bits per heavy atom. The van der Waals surface area contributed by atoms with Crippen LogP contribution in [0.25, 0.3) is 22.3 Å². The van der Waals surface area contributed by atoms with Crippen molar-refractivity contribution >= 4 is 28.2 Å². The molecule has 0 unspecified atom stereocenters. The molecule has 0 fully saturated rings. The first-order valence-electron chi connectivity index (χ1n) is 9.79. The molecule has 3 aromatic carbocycles. The molecule has 0 aliphatic carbocycles. The molecule has 0 saturated carbocycles. The van der Waals surface area contributed by atoms with Gasteiger partial charge in [-0.25, -0.2) is 4.98 Å². The van der Waals surface area contributed by atoms with Crippen LogP contribution in [0, 0.1) is 10.1 Å². The van der Waals surface area contributed by atoms with Gasteiger partial charge in [0.15, 0.2) is 18.1 Å². The van der Waals surface area contributed by atoms with E-state index in [-0.39, 0.29) is 23.6 Å². The number of aromatic amines is 1. The van der Waals surface area contributed by atoms with E-state index < -0.39 is 10.8 Å². The summed E-state index contributed by atoms with van der Waals surface area (Å²) in [7, 11) is 1.47. The van der Waals surface area contributed by atoms with Crippen molar-refractivity contribution < 1.29 is 19.2 Å². The number of benzene rings is 3. The van der Waals surface area contributed by atoms with E-state index in [0.717, 1.165) is 0 Å². The molecule has 4 rings (SSSR count). The van der Waals surface area contributed by atoms with Crippen molar-refractivity contribution in [3.8, 4) is 22.9 Å². The number of methoxy groups -OCH3 is 1. The highest BCUT2D eigenvalue weighted by atomic mass is 16.6. The Kier molecular flexibility index (Phi) is 5.98. The quantitative estimate of drug-likeness (QED) is 0.327. The molecule has 0 radical (unpaired) electrons. The number of carbonyl (C=O) groups excluding carboxylic acids is 1. The fourth-order valence-electron chi connectivity index (χ4n) is 3.17. The monoisotopic (exact) mass is 446 g/mol. The number of hydrogen-bond donors (Lipinski definition) is 2. The van der Waals surface area contributed by atoms with Gasteiger partial charge in [0.1, 0.15) is 5.82 Å². The highest BCUT2D eigenvalue weighted by Gasteiger charge is 2.13. The number of ether oxygens (including phenoxy) is 2. The Hall–Kier alpha value is -4.73. The van der Waals surface area contributed by atoms with Crippen molar-refractivity contribution in [1.29, 1.82) is 0 Å². The van der Waals surface area contributed by atoms with Crippen LogP contribution in [0.3, 0.4) is 0 Å². The molecule has 0 bridgehead atoms. The smallest absolute Gasteiger partial charge is 0.269 e. The van der Waals surface area contributed by atoms with Crippen LogP contribution in [0.5, 0.6) is 11.5 Å². The molecule has 10 nitrogen and oxygen atoms in total. The van der Waals surface area contributed by atoms with Crippen molar-refractivity contribution in [3.05, 3.63) is 87.2 Å². The first-order valence-corrected chi connectivity index (χ1v) is 9.79. The number of non-ortho nitro benzene ring substituents is 1. The molecule has 0 aliphatic rings. The van der Waals surface area contributed by atoms with E-state index >= 15 is 0 Å². The number of aromatic nitrogens is 2. The summed E-state index contributed by atoms with van der Waals surface area (Å²) in [6.07, 6.45) is 0. The molecule has 1 heterocycles. The number of fused-ring (bicyclic) bond motifs is 1. The molecule has 0 spiro atoms. The Labute approximate surface area is 187 Å². The van der Waals surface area contributed by atoms with E-state index in [2.05, 4.69) is 15.3 Å². The maximum Gasteiger partial charge on any atom is 0.269 e. The highest BCUT2D eigenvalue weighted by molar-refractivity contribution is 5.92. The van der Waals surface area contributed by atoms with E-state index in [1.807, 2.05) is 0 Å². The molecule has 10 heteroatoms. The summed E-state index contributed by atoms with van der Waals surface area (Å²) in [5.74, 6) is 0.560. The molecule has 4 aromatic rings. The van der Waals surface area contributed by atoms with Gasteiger partial charge >= 0.3 is 0 Å². The van der Waals surface area contributed by atoms with Crippen molar-refractivity contribution in [3.63, 3.8) is 0 Å². The third kappa shape index (κ3) is 4.79. The molecule has 0 atom stereocenters. The lowest BCUT2D eigenvalue weighted by molar-refractivity contribution is -0.384. The van der Waals surface area contributed by atoms with Gasteiger partial charge in [0.2, 0.25) is 0 Å². The minimum Gasteiger partial charge on any atom is -0.493 e. The summed E-state index contributed by atoms with van der Waals surface area (Å²) in [5, 5.41) is 13.8. The van der Waals surface area contributed by atoms with E-state index in [0.29, 0.717) is 33.7 Å². The summed E-state index contributed by atoms with van der Waals surface area (Å²) in [6.45, 7) is -0.335. The van der Waals surface area contributed by atoms with Crippen LogP contribution in [-0.4, -0.2) is 34.5 Å². The third-order valence-electron chi connectivity index (χ3n) is 4.77. The predicted octanol–water partition coefficient (Wildman–Crippen LogP) is 3.52. The van der Waals surface area contributed by atoms with E-state index in [4.69, 9.17) is 9.47 Å². The van der Waals surface area contributed by atoms with E-state index in [1.165, 1.54) is 31.4 Å². The normalized spacial score (nSPS) is 10.6. The lowest BCUT2D eigenvalue weighted by Crippen LogP contribution is -2.20. The van der Waals surface area contributed by atoms with Crippen molar-refractivity contribution in [1.82, 2.24) is 9.97 Å². The van der Waals surface area contributed by atoms with Crippen LogP contribution in [0.15, 0.2) is 71.5 Å². The summed E-state index contributed by atoms with van der Waals surface area (Å²) in [4.78, 5) is 42.1. The number of para-hydroxylation sites is 1. The number of carbonyl (C=O) groups is 1. The second-order valence-corrected chi connectivity index (χ2v) is 6.94. The van der Waals surface area contributed by atoms with Crippen molar-refractivity contribution in [2.75, 3.05) is 19.0 Å². The molecular formula is C23H18N4O6. The lowest BCUT2D eigenvalue weighted by atomic mass is 10.1. The van der Waals surface area contributed by atoms with Crippen LogP contribution in [-0.2, 0) is 4.79 Å². The van der Waals surface area contributed by atoms with E-state index in [9.17, 15) is 19.7 Å². The number of hydrogen-bond acceptors (Lipinski definition) is 7. The Bertz CT molecular complexity index is 1400.